The summed E-state index contributed by atoms with van der Waals surface area (Å²) >= 11 is 12.2. The second-order valence-electron chi connectivity index (χ2n) is 10.4. The van der Waals surface area contributed by atoms with Gasteiger partial charge in [-0.1, -0.05) is 59.6 Å². The van der Waals surface area contributed by atoms with Crippen LogP contribution in [-0.2, 0) is 9.53 Å². The summed E-state index contributed by atoms with van der Waals surface area (Å²) in [5, 5.41) is 22.1. The third-order valence-corrected chi connectivity index (χ3v) is 8.36. The molecule has 0 fully saturated rings. The van der Waals surface area contributed by atoms with Crippen LogP contribution in [0.3, 0.4) is 0 Å². The monoisotopic (exact) mass is 636 g/mol. The van der Waals surface area contributed by atoms with E-state index in [1.807, 2.05) is 36.4 Å². The van der Waals surface area contributed by atoms with Crippen molar-refractivity contribution in [1.29, 1.82) is 0 Å². The molecule has 2 aliphatic rings. The minimum Gasteiger partial charge on any atom is -0.469 e. The van der Waals surface area contributed by atoms with Crippen molar-refractivity contribution in [3.8, 4) is 23.0 Å². The number of carbonyl (C=O) groups excluding carboxylic acids is 1. The van der Waals surface area contributed by atoms with Crippen molar-refractivity contribution in [2.75, 3.05) is 26.8 Å². The fraction of sp³-hybridized carbons (Fsp3) is 0.242. The molecule has 0 saturated carbocycles. The molecular formula is C33H30Cl2N2O7. The van der Waals surface area contributed by atoms with Gasteiger partial charge >= 0.3 is 5.97 Å². The van der Waals surface area contributed by atoms with E-state index in [9.17, 15) is 20.0 Å². The van der Waals surface area contributed by atoms with E-state index in [0.29, 0.717) is 39.2 Å². The van der Waals surface area contributed by atoms with Crippen molar-refractivity contribution in [2.45, 2.75) is 23.7 Å². The highest BCUT2D eigenvalue weighted by molar-refractivity contribution is 6.31. The molecule has 44 heavy (non-hydrogen) atoms. The Bertz CT molecular complexity index is 1680. The number of aliphatic hydroxyl groups excluding tert-OH is 1. The van der Waals surface area contributed by atoms with E-state index in [-0.39, 0.29) is 18.4 Å². The number of nitrogens with two attached hydrogens (primary N) is 1. The van der Waals surface area contributed by atoms with Crippen LogP contribution in [0.15, 0.2) is 84.9 Å². The molecule has 0 spiro atoms. The lowest BCUT2D eigenvalue weighted by molar-refractivity contribution is -0.483. The van der Waals surface area contributed by atoms with Crippen LogP contribution in [0.4, 0.5) is 0 Å². The summed E-state index contributed by atoms with van der Waals surface area (Å²) in [5.74, 6) is 0.187. The zero-order valence-electron chi connectivity index (χ0n) is 23.7. The van der Waals surface area contributed by atoms with E-state index < -0.39 is 29.3 Å². The van der Waals surface area contributed by atoms with Crippen LogP contribution in [-0.4, -0.2) is 42.8 Å². The molecule has 4 atom stereocenters. The Kier molecular flexibility index (Phi) is 9.71. The molecule has 0 bridgehead atoms. The van der Waals surface area contributed by atoms with Gasteiger partial charge in [0.2, 0.25) is 6.54 Å². The molecule has 4 aromatic carbocycles. The maximum absolute atomic E-state index is 12.5. The first-order valence-corrected chi connectivity index (χ1v) is 14.6. The molecule has 0 aromatic heterocycles. The van der Waals surface area contributed by atoms with Crippen molar-refractivity contribution < 1.29 is 29.0 Å². The molecule has 0 radical (unpaired) electrons. The molecular weight excluding hydrogens is 607 g/mol. The fourth-order valence-corrected chi connectivity index (χ4v) is 6.24. The van der Waals surface area contributed by atoms with Gasteiger partial charge in [-0.3, -0.25) is 14.9 Å². The first-order valence-electron chi connectivity index (χ1n) is 13.9. The number of esters is 1. The van der Waals surface area contributed by atoms with Gasteiger partial charge in [-0.15, -0.1) is 0 Å². The molecule has 6 rings (SSSR count). The van der Waals surface area contributed by atoms with Crippen LogP contribution < -0.4 is 15.2 Å². The van der Waals surface area contributed by atoms with E-state index in [1.165, 1.54) is 7.11 Å². The predicted molar refractivity (Wildman–Crippen MR) is 167 cm³/mol. The number of aliphatic hydroxyl groups is 1. The fourth-order valence-electron chi connectivity index (χ4n) is 5.88. The summed E-state index contributed by atoms with van der Waals surface area (Å²) in [7, 11) is 1.26. The highest BCUT2D eigenvalue weighted by Crippen LogP contribution is 2.48. The first-order chi connectivity index (χ1) is 21.2. The van der Waals surface area contributed by atoms with Crippen molar-refractivity contribution in [2.24, 2.45) is 5.73 Å². The summed E-state index contributed by atoms with van der Waals surface area (Å²) in [6.45, 7) is 0.0244. The Labute approximate surface area is 264 Å². The van der Waals surface area contributed by atoms with Crippen LogP contribution >= 0.6 is 23.2 Å². The van der Waals surface area contributed by atoms with Gasteiger partial charge in [0, 0.05) is 43.5 Å². The van der Waals surface area contributed by atoms with Crippen LogP contribution in [0.5, 0.6) is 23.0 Å². The normalized spacial score (nSPS) is 19.5. The summed E-state index contributed by atoms with van der Waals surface area (Å²) < 4.78 is 16.8. The quantitative estimate of drug-likeness (QED) is 0.135. The number of ether oxygens (including phenoxy) is 3. The molecule has 4 aromatic rings. The smallest absolute Gasteiger partial charge is 0.314 e. The van der Waals surface area contributed by atoms with E-state index in [4.69, 9.17) is 43.1 Å². The maximum atomic E-state index is 12.5. The highest BCUT2D eigenvalue weighted by atomic mass is 35.5. The van der Waals surface area contributed by atoms with Crippen molar-refractivity contribution >= 4 is 29.2 Å². The lowest BCUT2D eigenvalue weighted by Gasteiger charge is -2.23. The molecule has 0 amide bonds. The number of nitrogens with zero attached hydrogens (tertiary/aromatic N) is 1. The molecule has 228 valence electrons. The van der Waals surface area contributed by atoms with E-state index in [0.717, 1.165) is 22.6 Å². The van der Waals surface area contributed by atoms with Crippen molar-refractivity contribution in [1.82, 2.24) is 0 Å². The number of halogens is 2. The van der Waals surface area contributed by atoms with Gasteiger partial charge in [-0.2, -0.15) is 0 Å². The lowest BCUT2D eigenvalue weighted by Crippen LogP contribution is -2.26. The van der Waals surface area contributed by atoms with Gasteiger partial charge in [-0.05, 0) is 60.6 Å². The minimum atomic E-state index is -0.877. The third kappa shape index (κ3) is 6.37. The Hall–Kier alpha value is -4.15. The number of methoxy groups -OCH3 is 1. The Morgan fingerprint density at radius 2 is 1.32 bits per heavy atom. The topological polar surface area (TPSA) is 134 Å². The SMILES string of the molecule is COC(=O)[C@H]1c2cc(Cl)ccc2Oc2ccccc2[C@@H]1C[N+](=O)[O-].NC[C@H]1c2ccccc2Oc2ccc(Cl)cc2[C@@H]1CO. The number of carbonyl (C=O) groups is 1. The van der Waals surface area contributed by atoms with Gasteiger partial charge < -0.3 is 25.1 Å². The van der Waals surface area contributed by atoms with Crippen LogP contribution in [0, 0.1) is 10.1 Å². The first kappa shape index (κ1) is 31.3. The maximum Gasteiger partial charge on any atom is 0.314 e. The van der Waals surface area contributed by atoms with Gasteiger partial charge in [0.1, 0.15) is 23.0 Å². The molecule has 2 aliphatic heterocycles. The Morgan fingerprint density at radius 3 is 1.84 bits per heavy atom. The summed E-state index contributed by atoms with van der Waals surface area (Å²) in [4.78, 5) is 23.2. The zero-order valence-corrected chi connectivity index (χ0v) is 25.2. The number of benzene rings is 4. The van der Waals surface area contributed by atoms with Crippen molar-refractivity contribution in [3.05, 3.63) is 127 Å². The molecule has 9 nitrogen and oxygen atoms in total. The van der Waals surface area contributed by atoms with E-state index in [1.54, 1.807) is 48.5 Å². The summed E-state index contributed by atoms with van der Waals surface area (Å²) in [5.41, 5.74) is 8.97. The van der Waals surface area contributed by atoms with Gasteiger partial charge in [0.25, 0.3) is 0 Å². The second kappa shape index (κ2) is 13.7. The molecule has 11 heteroatoms. The average Bonchev–Trinajstić information content (AvgIpc) is 3.24. The third-order valence-electron chi connectivity index (χ3n) is 7.89. The highest BCUT2D eigenvalue weighted by Gasteiger charge is 2.41. The predicted octanol–water partition coefficient (Wildman–Crippen LogP) is 7.03. The number of fused-ring (bicyclic) bond motifs is 4. The van der Waals surface area contributed by atoms with Crippen molar-refractivity contribution in [3.63, 3.8) is 0 Å². The van der Waals surface area contributed by atoms with Gasteiger partial charge in [0.15, 0.2) is 0 Å². The number of hydrogen-bond acceptors (Lipinski definition) is 8. The molecule has 0 aliphatic carbocycles. The number of para-hydroxylation sites is 2. The van der Waals surface area contributed by atoms with E-state index in [2.05, 4.69) is 0 Å². The molecule has 2 heterocycles. The number of nitro groups is 1. The van der Waals surface area contributed by atoms with Crippen LogP contribution in [0.2, 0.25) is 10.0 Å². The van der Waals surface area contributed by atoms with Gasteiger partial charge in [0.05, 0.1) is 25.6 Å². The largest absolute Gasteiger partial charge is 0.469 e. The van der Waals surface area contributed by atoms with Gasteiger partial charge in [-0.25, -0.2) is 0 Å². The molecule has 0 unspecified atom stereocenters. The number of hydrogen-bond donors (Lipinski definition) is 2. The molecule has 0 saturated heterocycles. The average molecular weight is 638 g/mol. The number of rotatable bonds is 5. The van der Waals surface area contributed by atoms with Crippen LogP contribution in [0.25, 0.3) is 0 Å². The molecule has 3 N–H and O–H groups in total. The van der Waals surface area contributed by atoms with Crippen LogP contribution in [0.1, 0.15) is 45.9 Å². The Balaban J connectivity index is 0.000000177. The lowest BCUT2D eigenvalue weighted by atomic mass is 9.81. The van der Waals surface area contributed by atoms with E-state index >= 15 is 0 Å². The zero-order chi connectivity index (χ0) is 31.4. The minimum absolute atomic E-state index is 0.00685. The Morgan fingerprint density at radius 1 is 0.818 bits per heavy atom. The summed E-state index contributed by atoms with van der Waals surface area (Å²) in [6, 6.07) is 25.2. The summed E-state index contributed by atoms with van der Waals surface area (Å²) in [6.07, 6.45) is 0. The second-order valence-corrected chi connectivity index (χ2v) is 11.3. The standard InChI is InChI=1S/C17H14ClNO5.C16H16ClNO2/c1-23-17(20)16-12-8-10(18)6-7-15(12)24-14-5-3-2-4-11(14)13(16)9-19(21)22;17-10-5-6-16-12(7-10)14(9-19)13(8-18)11-3-1-2-4-15(11)20-16/h2-8,13,16H,9H2,1H3;1-7,13-14,19H,8-9,18H2/t13-,16-;13-,14-/m00/s1.